The maximum atomic E-state index is 11.3. The molecule has 1 atom stereocenters. The van der Waals surface area contributed by atoms with Crippen molar-refractivity contribution in [1.82, 2.24) is 14.3 Å². The molecule has 0 spiro atoms. The Balaban J connectivity index is 2.26. The second kappa shape index (κ2) is 6.82. The summed E-state index contributed by atoms with van der Waals surface area (Å²) < 4.78 is 4.15. The van der Waals surface area contributed by atoms with Gasteiger partial charge in [0.05, 0.1) is 11.9 Å². The van der Waals surface area contributed by atoms with Crippen LogP contribution in [-0.2, 0) is 4.79 Å². The zero-order valence-electron chi connectivity index (χ0n) is 12.1. The number of nitrogens with zero attached hydrogens (tertiary/aromatic N) is 4. The summed E-state index contributed by atoms with van der Waals surface area (Å²) in [5.41, 5.74) is 6.32. The van der Waals surface area contributed by atoms with E-state index >= 15 is 0 Å². The molecule has 0 aliphatic carbocycles. The molecule has 22 heavy (non-hydrogen) atoms. The summed E-state index contributed by atoms with van der Waals surface area (Å²) in [6.07, 6.45) is 1.92. The Bertz CT molecular complexity index is 721. The van der Waals surface area contributed by atoms with E-state index in [0.717, 1.165) is 10.7 Å². The number of nitrogens with two attached hydrogens (primary N) is 1. The summed E-state index contributed by atoms with van der Waals surface area (Å²) >= 11 is 1.26. The highest BCUT2D eigenvalue weighted by Gasteiger charge is 2.15. The van der Waals surface area contributed by atoms with Gasteiger partial charge in [-0.15, -0.1) is 0 Å². The average molecular weight is 317 g/mol. The van der Waals surface area contributed by atoms with Gasteiger partial charge >= 0.3 is 0 Å². The molecule has 2 aromatic rings. The van der Waals surface area contributed by atoms with E-state index in [-0.39, 0.29) is 5.69 Å². The van der Waals surface area contributed by atoms with Gasteiger partial charge in [0, 0.05) is 0 Å². The molecule has 0 bridgehead atoms. The predicted molar refractivity (Wildman–Crippen MR) is 83.8 cm³/mol. The van der Waals surface area contributed by atoms with Crippen molar-refractivity contribution in [3.63, 3.8) is 0 Å². The van der Waals surface area contributed by atoms with Gasteiger partial charge in [0.1, 0.15) is 22.9 Å². The van der Waals surface area contributed by atoms with Crippen LogP contribution in [0.5, 0.6) is 0 Å². The van der Waals surface area contributed by atoms with E-state index in [9.17, 15) is 4.79 Å². The Morgan fingerprint density at radius 1 is 1.59 bits per heavy atom. The monoisotopic (exact) mass is 317 g/mol. The minimum atomic E-state index is -0.541. The van der Waals surface area contributed by atoms with Gasteiger partial charge in [-0.2, -0.15) is 9.64 Å². The maximum absolute atomic E-state index is 11.3. The second-order valence-electron chi connectivity index (χ2n) is 4.53. The Hall–Kier alpha value is -2.73. The van der Waals surface area contributed by atoms with E-state index in [1.54, 1.807) is 0 Å². The molecule has 0 aromatic carbocycles. The second-order valence-corrected chi connectivity index (χ2v) is 5.33. The SMILES string of the molecule is CCC(Nc1cnc(C#N)c(Nc2cc(C)ns2)n1)C(N)=O. The maximum Gasteiger partial charge on any atom is 0.239 e. The number of hydrogen-bond acceptors (Lipinski definition) is 8. The predicted octanol–water partition coefficient (Wildman–Crippen LogP) is 1.53. The average Bonchev–Trinajstić information content (AvgIpc) is 2.90. The van der Waals surface area contributed by atoms with Crippen LogP contribution in [0.1, 0.15) is 24.7 Å². The van der Waals surface area contributed by atoms with Crippen molar-refractivity contribution >= 4 is 34.1 Å². The third-order valence-electron chi connectivity index (χ3n) is 2.82. The van der Waals surface area contributed by atoms with Crippen molar-refractivity contribution in [3.05, 3.63) is 23.7 Å². The number of aromatic nitrogens is 3. The molecule has 8 nitrogen and oxygen atoms in total. The van der Waals surface area contributed by atoms with Crippen LogP contribution in [-0.4, -0.2) is 26.3 Å². The van der Waals surface area contributed by atoms with E-state index in [1.807, 2.05) is 26.0 Å². The van der Waals surface area contributed by atoms with Crippen LogP contribution in [0.4, 0.5) is 16.6 Å². The van der Waals surface area contributed by atoms with Gasteiger partial charge in [0.2, 0.25) is 5.91 Å². The van der Waals surface area contributed by atoms with Gasteiger partial charge < -0.3 is 16.4 Å². The zero-order valence-corrected chi connectivity index (χ0v) is 12.9. The van der Waals surface area contributed by atoms with Gasteiger partial charge in [-0.25, -0.2) is 9.97 Å². The van der Waals surface area contributed by atoms with E-state index in [0.29, 0.717) is 18.1 Å². The fraction of sp³-hybridized carbons (Fsp3) is 0.308. The lowest BCUT2D eigenvalue weighted by Crippen LogP contribution is -2.35. The molecule has 0 saturated heterocycles. The van der Waals surface area contributed by atoms with Gasteiger partial charge in [-0.1, -0.05) is 6.92 Å². The number of primary amides is 1. The van der Waals surface area contributed by atoms with Crippen LogP contribution in [0.15, 0.2) is 12.3 Å². The molecule has 0 aliphatic heterocycles. The highest BCUT2D eigenvalue weighted by Crippen LogP contribution is 2.23. The van der Waals surface area contributed by atoms with Crippen LogP contribution >= 0.6 is 11.5 Å². The van der Waals surface area contributed by atoms with Gasteiger partial charge in [-0.3, -0.25) is 4.79 Å². The zero-order chi connectivity index (χ0) is 16.1. The minimum Gasteiger partial charge on any atom is -0.368 e. The third-order valence-corrected chi connectivity index (χ3v) is 3.62. The van der Waals surface area contributed by atoms with Crippen molar-refractivity contribution < 1.29 is 4.79 Å². The molecule has 4 N–H and O–H groups in total. The number of rotatable bonds is 6. The summed E-state index contributed by atoms with van der Waals surface area (Å²) in [5.74, 6) is 0.199. The molecule has 1 unspecified atom stereocenters. The molecule has 2 heterocycles. The number of aryl methyl sites for hydroxylation is 1. The van der Waals surface area contributed by atoms with Crippen LogP contribution in [0.3, 0.4) is 0 Å². The molecule has 0 aliphatic rings. The minimum absolute atomic E-state index is 0.156. The van der Waals surface area contributed by atoms with E-state index < -0.39 is 11.9 Å². The molecule has 1 amide bonds. The summed E-state index contributed by atoms with van der Waals surface area (Å²) in [4.78, 5) is 19.6. The normalized spacial score (nSPS) is 11.5. The van der Waals surface area contributed by atoms with Gasteiger partial charge in [0.15, 0.2) is 11.5 Å². The molecule has 0 saturated carbocycles. The molecule has 0 radical (unpaired) electrons. The number of anilines is 3. The van der Waals surface area contributed by atoms with E-state index in [4.69, 9.17) is 11.0 Å². The Labute approximate surface area is 131 Å². The fourth-order valence-electron chi connectivity index (χ4n) is 1.72. The number of carbonyl (C=O) groups is 1. The quantitative estimate of drug-likeness (QED) is 0.736. The Kier molecular flexibility index (Phi) is 4.85. The molecular formula is C13H15N7OS. The Morgan fingerprint density at radius 2 is 2.36 bits per heavy atom. The van der Waals surface area contributed by atoms with E-state index in [1.165, 1.54) is 17.7 Å². The van der Waals surface area contributed by atoms with Gasteiger partial charge in [-0.05, 0) is 30.9 Å². The first-order valence-electron chi connectivity index (χ1n) is 6.56. The highest BCUT2D eigenvalue weighted by atomic mass is 32.1. The molecule has 9 heteroatoms. The lowest BCUT2D eigenvalue weighted by atomic mass is 10.2. The largest absolute Gasteiger partial charge is 0.368 e. The van der Waals surface area contributed by atoms with Crippen LogP contribution in [0.2, 0.25) is 0 Å². The highest BCUT2D eigenvalue weighted by molar-refractivity contribution is 7.10. The standard InChI is InChI=1S/C13H15N7OS/c1-3-8(12(15)21)17-10-6-16-9(5-14)13(18-10)19-11-4-7(2)20-22-11/h4,6,8H,3H2,1-2H3,(H2,15,21)(H2,17,18,19). The summed E-state index contributed by atoms with van der Waals surface area (Å²) in [5, 5.41) is 15.8. The van der Waals surface area contributed by atoms with Crippen molar-refractivity contribution in [3.8, 4) is 6.07 Å². The van der Waals surface area contributed by atoms with E-state index in [2.05, 4.69) is 25.0 Å². The number of carbonyl (C=O) groups excluding carboxylic acids is 1. The third kappa shape index (κ3) is 3.67. The van der Waals surface area contributed by atoms with Crippen molar-refractivity contribution in [2.24, 2.45) is 5.73 Å². The number of nitrogens with one attached hydrogen (secondary N) is 2. The molecule has 114 valence electrons. The van der Waals surface area contributed by atoms with Gasteiger partial charge in [0.25, 0.3) is 0 Å². The number of nitriles is 1. The molecule has 2 aromatic heterocycles. The van der Waals surface area contributed by atoms with Crippen LogP contribution in [0, 0.1) is 18.3 Å². The lowest BCUT2D eigenvalue weighted by Gasteiger charge is -2.14. The van der Waals surface area contributed by atoms with Crippen LogP contribution in [0.25, 0.3) is 0 Å². The molecule has 2 rings (SSSR count). The number of amides is 1. The first-order valence-corrected chi connectivity index (χ1v) is 7.34. The summed E-state index contributed by atoms with van der Waals surface area (Å²) in [6.45, 7) is 3.70. The fourth-order valence-corrected chi connectivity index (χ4v) is 2.38. The first-order chi connectivity index (χ1) is 10.5. The summed E-state index contributed by atoms with van der Waals surface area (Å²) in [6, 6.07) is 3.27. The molecule has 0 fully saturated rings. The summed E-state index contributed by atoms with van der Waals surface area (Å²) in [7, 11) is 0. The number of hydrogen-bond donors (Lipinski definition) is 3. The smallest absolute Gasteiger partial charge is 0.239 e. The lowest BCUT2D eigenvalue weighted by molar-refractivity contribution is -0.118. The first kappa shape index (κ1) is 15.7. The topological polar surface area (TPSA) is 130 Å². The Morgan fingerprint density at radius 3 is 2.91 bits per heavy atom. The van der Waals surface area contributed by atoms with Crippen LogP contribution < -0.4 is 16.4 Å². The van der Waals surface area contributed by atoms with Crippen molar-refractivity contribution in [1.29, 1.82) is 5.26 Å². The van der Waals surface area contributed by atoms with Crippen molar-refractivity contribution in [2.45, 2.75) is 26.3 Å². The van der Waals surface area contributed by atoms with Crippen molar-refractivity contribution in [2.75, 3.05) is 10.6 Å². The molecular weight excluding hydrogens is 302 g/mol.